The molecule has 0 aliphatic carbocycles. The monoisotopic (exact) mass is 410 g/mol. The van der Waals surface area contributed by atoms with Crippen molar-refractivity contribution in [3.8, 4) is 17.2 Å². The molecule has 0 atom stereocenters. The lowest BCUT2D eigenvalue weighted by molar-refractivity contribution is -0.118. The number of aromatic nitrogens is 4. The molecule has 0 unspecified atom stereocenters. The standard InChI is InChI=1S/C20H22N6O4/c1-14(2)11-21-20(28)30-17-8-6-15(7-9-17)23-19(27)12-29-18-5-3-4-16(10-18)26-13-22-24-25-26/h3-10,13-14H,11-12H2,1-2H3,(H,21,28)(H,23,27). The molecule has 3 rings (SSSR count). The number of amides is 2. The van der Waals surface area contributed by atoms with Crippen molar-refractivity contribution in [2.75, 3.05) is 18.5 Å². The van der Waals surface area contributed by atoms with E-state index in [0.717, 1.165) is 0 Å². The van der Waals surface area contributed by atoms with Crippen LogP contribution in [0.2, 0.25) is 0 Å². The molecule has 1 heterocycles. The molecule has 0 aliphatic heterocycles. The molecule has 0 bridgehead atoms. The smallest absolute Gasteiger partial charge is 0.412 e. The molecule has 2 N–H and O–H groups in total. The second-order valence-corrected chi connectivity index (χ2v) is 6.78. The Balaban J connectivity index is 1.47. The maximum atomic E-state index is 12.1. The number of hydrogen-bond donors (Lipinski definition) is 2. The molecule has 2 aromatic carbocycles. The third-order valence-electron chi connectivity index (χ3n) is 3.80. The molecule has 30 heavy (non-hydrogen) atoms. The van der Waals surface area contributed by atoms with Gasteiger partial charge in [0.1, 0.15) is 17.8 Å². The van der Waals surface area contributed by atoms with E-state index in [9.17, 15) is 9.59 Å². The molecule has 0 spiro atoms. The molecule has 0 fully saturated rings. The summed E-state index contributed by atoms with van der Waals surface area (Å²) >= 11 is 0. The Bertz CT molecular complexity index is 973. The summed E-state index contributed by atoms with van der Waals surface area (Å²) in [6.45, 7) is 4.35. The lowest BCUT2D eigenvalue weighted by Gasteiger charge is -2.10. The third kappa shape index (κ3) is 6.30. The van der Waals surface area contributed by atoms with Gasteiger partial charge in [-0.15, -0.1) is 5.10 Å². The normalized spacial score (nSPS) is 10.5. The predicted octanol–water partition coefficient (Wildman–Crippen LogP) is 2.42. The Morgan fingerprint density at radius 2 is 1.90 bits per heavy atom. The fourth-order valence-electron chi connectivity index (χ4n) is 2.38. The van der Waals surface area contributed by atoms with Crippen LogP contribution in [0.15, 0.2) is 54.9 Å². The number of carbonyl (C=O) groups is 2. The van der Waals surface area contributed by atoms with Gasteiger partial charge in [-0.2, -0.15) is 0 Å². The van der Waals surface area contributed by atoms with Gasteiger partial charge in [-0.25, -0.2) is 9.48 Å². The molecule has 0 saturated carbocycles. The van der Waals surface area contributed by atoms with Crippen LogP contribution < -0.4 is 20.1 Å². The number of nitrogens with one attached hydrogen (secondary N) is 2. The summed E-state index contributed by atoms with van der Waals surface area (Å²) < 4.78 is 12.2. The second kappa shape index (κ2) is 10.0. The van der Waals surface area contributed by atoms with E-state index in [1.807, 2.05) is 19.9 Å². The van der Waals surface area contributed by atoms with Crippen molar-refractivity contribution in [3.05, 3.63) is 54.9 Å². The number of carbonyl (C=O) groups excluding carboxylic acids is 2. The summed E-state index contributed by atoms with van der Waals surface area (Å²) in [5.41, 5.74) is 1.27. The van der Waals surface area contributed by atoms with Crippen LogP contribution in [0.25, 0.3) is 5.69 Å². The van der Waals surface area contributed by atoms with Crippen LogP contribution in [0.5, 0.6) is 11.5 Å². The topological polar surface area (TPSA) is 120 Å². The highest BCUT2D eigenvalue weighted by Crippen LogP contribution is 2.17. The van der Waals surface area contributed by atoms with E-state index in [1.165, 1.54) is 11.0 Å². The minimum absolute atomic E-state index is 0.172. The summed E-state index contributed by atoms with van der Waals surface area (Å²) in [6.07, 6.45) is 0.949. The zero-order valence-corrected chi connectivity index (χ0v) is 16.6. The van der Waals surface area contributed by atoms with Crippen LogP contribution in [0, 0.1) is 5.92 Å². The highest BCUT2D eigenvalue weighted by atomic mass is 16.6. The number of hydrogen-bond acceptors (Lipinski definition) is 7. The average Bonchev–Trinajstić information content (AvgIpc) is 3.27. The average molecular weight is 410 g/mol. The number of benzene rings is 2. The Morgan fingerprint density at radius 3 is 2.60 bits per heavy atom. The Labute approximate surface area is 173 Å². The van der Waals surface area contributed by atoms with Crippen LogP contribution in [0.4, 0.5) is 10.5 Å². The van der Waals surface area contributed by atoms with Crippen molar-refractivity contribution in [2.45, 2.75) is 13.8 Å². The zero-order chi connectivity index (χ0) is 21.3. The van der Waals surface area contributed by atoms with Gasteiger partial charge in [0.05, 0.1) is 5.69 Å². The van der Waals surface area contributed by atoms with E-state index in [-0.39, 0.29) is 12.5 Å². The van der Waals surface area contributed by atoms with Gasteiger partial charge in [-0.3, -0.25) is 4.79 Å². The summed E-state index contributed by atoms with van der Waals surface area (Å²) in [5, 5.41) is 16.4. The molecule has 0 radical (unpaired) electrons. The van der Waals surface area contributed by atoms with Crippen LogP contribution in [0.3, 0.4) is 0 Å². The van der Waals surface area contributed by atoms with Crippen molar-refractivity contribution >= 4 is 17.7 Å². The number of tetrazole rings is 1. The highest BCUT2D eigenvalue weighted by molar-refractivity contribution is 5.92. The van der Waals surface area contributed by atoms with Crippen molar-refractivity contribution in [1.82, 2.24) is 25.5 Å². The van der Waals surface area contributed by atoms with E-state index in [4.69, 9.17) is 9.47 Å². The molecular formula is C20H22N6O4. The summed E-state index contributed by atoms with van der Waals surface area (Å²) in [6, 6.07) is 13.5. The fourth-order valence-corrected chi connectivity index (χ4v) is 2.38. The van der Waals surface area contributed by atoms with Crippen LogP contribution in [-0.4, -0.2) is 45.4 Å². The van der Waals surface area contributed by atoms with E-state index in [1.54, 1.807) is 42.5 Å². The SMILES string of the molecule is CC(C)CNC(=O)Oc1ccc(NC(=O)COc2cccc(-n3cnnn3)c2)cc1. The Hall–Kier alpha value is -3.95. The maximum Gasteiger partial charge on any atom is 0.412 e. The number of ether oxygens (including phenoxy) is 2. The quantitative estimate of drug-likeness (QED) is 0.585. The van der Waals surface area contributed by atoms with Crippen molar-refractivity contribution in [3.63, 3.8) is 0 Å². The van der Waals surface area contributed by atoms with E-state index in [0.29, 0.717) is 35.3 Å². The minimum Gasteiger partial charge on any atom is -0.484 e. The van der Waals surface area contributed by atoms with Gasteiger partial charge in [0.2, 0.25) is 0 Å². The van der Waals surface area contributed by atoms with Gasteiger partial charge in [0, 0.05) is 18.3 Å². The molecule has 156 valence electrons. The van der Waals surface area contributed by atoms with Crippen molar-refractivity contribution in [2.24, 2.45) is 5.92 Å². The Morgan fingerprint density at radius 1 is 1.10 bits per heavy atom. The number of anilines is 1. The van der Waals surface area contributed by atoms with Crippen LogP contribution in [0.1, 0.15) is 13.8 Å². The van der Waals surface area contributed by atoms with E-state index >= 15 is 0 Å². The van der Waals surface area contributed by atoms with Crippen LogP contribution >= 0.6 is 0 Å². The fraction of sp³-hybridized carbons (Fsp3) is 0.250. The van der Waals surface area contributed by atoms with Gasteiger partial charge in [-0.1, -0.05) is 19.9 Å². The first-order valence-electron chi connectivity index (χ1n) is 9.31. The summed E-state index contributed by atoms with van der Waals surface area (Å²) in [4.78, 5) is 23.8. The minimum atomic E-state index is -0.516. The lowest BCUT2D eigenvalue weighted by Crippen LogP contribution is -2.30. The predicted molar refractivity (Wildman–Crippen MR) is 109 cm³/mol. The molecule has 1 aromatic heterocycles. The largest absolute Gasteiger partial charge is 0.484 e. The molecule has 2 amide bonds. The Kier molecular flexibility index (Phi) is 6.93. The van der Waals surface area contributed by atoms with Gasteiger partial charge in [0.25, 0.3) is 5.91 Å². The first-order valence-corrected chi connectivity index (χ1v) is 9.31. The van der Waals surface area contributed by atoms with Crippen molar-refractivity contribution in [1.29, 1.82) is 0 Å². The summed E-state index contributed by atoms with van der Waals surface area (Å²) in [7, 11) is 0. The number of rotatable bonds is 8. The van der Waals surface area contributed by atoms with Crippen molar-refractivity contribution < 1.29 is 19.1 Å². The third-order valence-corrected chi connectivity index (χ3v) is 3.80. The van der Waals surface area contributed by atoms with Gasteiger partial charge >= 0.3 is 6.09 Å². The first kappa shape index (κ1) is 20.8. The molecule has 10 nitrogen and oxygen atoms in total. The molecule has 3 aromatic rings. The highest BCUT2D eigenvalue weighted by Gasteiger charge is 2.08. The van der Waals surface area contributed by atoms with Crippen LogP contribution in [-0.2, 0) is 4.79 Å². The number of nitrogens with zero attached hydrogens (tertiary/aromatic N) is 4. The maximum absolute atomic E-state index is 12.1. The molecule has 0 aliphatic rings. The van der Waals surface area contributed by atoms with Gasteiger partial charge in [0.15, 0.2) is 6.61 Å². The first-order chi connectivity index (χ1) is 14.5. The van der Waals surface area contributed by atoms with E-state index < -0.39 is 6.09 Å². The molecular weight excluding hydrogens is 388 g/mol. The zero-order valence-electron chi connectivity index (χ0n) is 16.6. The lowest BCUT2D eigenvalue weighted by atomic mass is 10.2. The molecule has 10 heteroatoms. The molecule has 0 saturated heterocycles. The summed E-state index contributed by atoms with van der Waals surface area (Å²) in [5.74, 6) is 0.893. The van der Waals surface area contributed by atoms with E-state index in [2.05, 4.69) is 26.2 Å². The van der Waals surface area contributed by atoms with Gasteiger partial charge in [-0.05, 0) is 52.7 Å². The second-order valence-electron chi connectivity index (χ2n) is 6.78. The van der Waals surface area contributed by atoms with Gasteiger partial charge < -0.3 is 20.1 Å².